The number of pyridine rings is 3. The SMILES string of the molecule is CC1(C)c2ccccc2-c2cc(-c3cccc(N4c5cc6c(cc5-c5cccc7cccc4c57)c4cc(-c5ccccn5)ccc4n6-c4cccc(-c5ccc6c(c5)-c5ccccc5C6(C)C)n4)n3)ccc21. The van der Waals surface area contributed by atoms with E-state index in [1.54, 1.807) is 0 Å². The molecule has 5 heterocycles. The third-order valence-corrected chi connectivity index (χ3v) is 16.2. The highest BCUT2D eigenvalue weighted by molar-refractivity contribution is 6.19. The fraction of sp³-hybridized carbons (Fsp3) is 0.0896. The lowest BCUT2D eigenvalue weighted by molar-refractivity contribution is 0.660. The number of hydrogen-bond acceptors (Lipinski definition) is 4. The molecule has 0 saturated heterocycles. The molecule has 4 aromatic heterocycles. The molecule has 1 aliphatic heterocycles. The van der Waals surface area contributed by atoms with Crippen molar-refractivity contribution < 1.29 is 0 Å². The Morgan fingerprint density at radius 1 is 0.361 bits per heavy atom. The van der Waals surface area contributed by atoms with Gasteiger partial charge in [0.2, 0.25) is 0 Å². The fourth-order valence-electron chi connectivity index (χ4n) is 12.7. The van der Waals surface area contributed by atoms with Crippen molar-refractivity contribution >= 4 is 49.8 Å². The maximum atomic E-state index is 5.58. The lowest BCUT2D eigenvalue weighted by atomic mass is 9.82. The van der Waals surface area contributed by atoms with Crippen LogP contribution in [0.1, 0.15) is 49.9 Å². The molecule has 3 aliphatic rings. The van der Waals surface area contributed by atoms with Gasteiger partial charge in [0.15, 0.2) is 0 Å². The van der Waals surface area contributed by atoms with Gasteiger partial charge in [0.05, 0.1) is 39.5 Å². The Morgan fingerprint density at radius 3 is 1.58 bits per heavy atom. The van der Waals surface area contributed by atoms with E-state index in [0.29, 0.717) is 0 Å². The van der Waals surface area contributed by atoms with Gasteiger partial charge in [-0.1, -0.05) is 155 Å². The average molecular weight is 922 g/mol. The van der Waals surface area contributed by atoms with Gasteiger partial charge in [-0.15, -0.1) is 0 Å². The maximum absolute atomic E-state index is 5.58. The summed E-state index contributed by atoms with van der Waals surface area (Å²) < 4.78 is 2.36. The maximum Gasteiger partial charge on any atom is 0.138 e. The van der Waals surface area contributed by atoms with E-state index in [0.717, 1.165) is 84.2 Å². The highest BCUT2D eigenvalue weighted by Gasteiger charge is 2.37. The summed E-state index contributed by atoms with van der Waals surface area (Å²) >= 11 is 0. The van der Waals surface area contributed by atoms with Crippen molar-refractivity contribution in [1.29, 1.82) is 0 Å². The number of hydrogen-bond donors (Lipinski definition) is 0. The molecule has 0 fully saturated rings. The molecular weight excluding hydrogens is 875 g/mol. The highest BCUT2D eigenvalue weighted by Crippen LogP contribution is 2.54. The number of aromatic nitrogens is 4. The number of fused-ring (bicyclic) bond motifs is 11. The minimum absolute atomic E-state index is 0.0696. The highest BCUT2D eigenvalue weighted by atomic mass is 15.2. The second-order valence-electron chi connectivity index (χ2n) is 20.8. The third-order valence-electron chi connectivity index (χ3n) is 16.2. The van der Waals surface area contributed by atoms with Crippen LogP contribution in [0.15, 0.2) is 212 Å². The predicted octanol–water partition coefficient (Wildman–Crippen LogP) is 17.2. The molecule has 0 N–H and O–H groups in total. The molecule has 12 aromatic rings. The summed E-state index contributed by atoms with van der Waals surface area (Å²) in [6.45, 7) is 9.33. The standard InChI is InChI=1S/C67H47N5/c1-66(2)52-20-7-5-17-44(52)47-35-42(28-31-54(47)66)57-23-13-26-63(69-57)71-59-33-30-41(56-22-9-10-34-68-56)37-49(59)51-38-50-46-19-11-15-40-16-12-25-60(65(40)46)72(61(50)39-62(51)71)64-27-14-24-58(70-64)43-29-32-55-48(36-43)45-18-6-8-21-53(45)67(55,3)4/h5-39H,1-4H3. The molecule has 0 unspecified atom stereocenters. The Kier molecular flexibility index (Phi) is 8.41. The van der Waals surface area contributed by atoms with E-state index in [1.165, 1.54) is 60.8 Å². The van der Waals surface area contributed by atoms with Gasteiger partial charge in [-0.2, -0.15) is 0 Å². The lowest BCUT2D eigenvalue weighted by Crippen LogP contribution is -2.16. The predicted molar refractivity (Wildman–Crippen MR) is 297 cm³/mol. The van der Waals surface area contributed by atoms with Crippen molar-refractivity contribution in [2.24, 2.45) is 0 Å². The summed E-state index contributed by atoms with van der Waals surface area (Å²) in [5.41, 5.74) is 23.2. The molecule has 0 radical (unpaired) electrons. The molecule has 5 heteroatoms. The summed E-state index contributed by atoms with van der Waals surface area (Å²) in [5, 5.41) is 4.68. The second kappa shape index (κ2) is 14.8. The monoisotopic (exact) mass is 921 g/mol. The van der Waals surface area contributed by atoms with Crippen LogP contribution in [0.4, 0.5) is 17.2 Å². The van der Waals surface area contributed by atoms with Gasteiger partial charge in [0.25, 0.3) is 0 Å². The van der Waals surface area contributed by atoms with E-state index in [4.69, 9.17) is 15.0 Å². The number of anilines is 3. The van der Waals surface area contributed by atoms with Crippen LogP contribution in [0.2, 0.25) is 0 Å². The molecule has 0 amide bonds. The summed E-state index contributed by atoms with van der Waals surface area (Å²) in [4.78, 5) is 18.3. The molecule has 0 atom stereocenters. The molecule has 8 aromatic carbocycles. The molecule has 72 heavy (non-hydrogen) atoms. The van der Waals surface area contributed by atoms with Crippen LogP contribution in [0.5, 0.6) is 0 Å². The summed E-state index contributed by atoms with van der Waals surface area (Å²) in [6.07, 6.45) is 1.87. The minimum atomic E-state index is -0.0708. The van der Waals surface area contributed by atoms with Crippen LogP contribution >= 0.6 is 0 Å². The first kappa shape index (κ1) is 40.9. The number of benzene rings is 8. The molecule has 340 valence electrons. The van der Waals surface area contributed by atoms with Crippen LogP contribution in [-0.2, 0) is 10.8 Å². The Hall–Kier alpha value is -8.93. The third kappa shape index (κ3) is 5.73. The summed E-state index contributed by atoms with van der Waals surface area (Å²) in [6, 6.07) is 75.4. The Bertz CT molecular complexity index is 4290. The molecule has 0 saturated carbocycles. The molecule has 2 aliphatic carbocycles. The van der Waals surface area contributed by atoms with Crippen LogP contribution in [0.25, 0.3) is 106 Å². The van der Waals surface area contributed by atoms with Crippen molar-refractivity contribution in [3.05, 3.63) is 235 Å². The zero-order valence-corrected chi connectivity index (χ0v) is 40.4. The first-order valence-electron chi connectivity index (χ1n) is 25.0. The van der Waals surface area contributed by atoms with Crippen LogP contribution in [0.3, 0.4) is 0 Å². The van der Waals surface area contributed by atoms with Gasteiger partial charge in [-0.3, -0.25) is 14.5 Å². The number of nitrogens with zero attached hydrogens (tertiary/aromatic N) is 5. The van der Waals surface area contributed by atoms with Gasteiger partial charge in [0, 0.05) is 55.4 Å². The molecule has 5 nitrogen and oxygen atoms in total. The van der Waals surface area contributed by atoms with E-state index in [2.05, 4.69) is 237 Å². The van der Waals surface area contributed by atoms with Gasteiger partial charge in [0.1, 0.15) is 11.6 Å². The van der Waals surface area contributed by atoms with Crippen LogP contribution < -0.4 is 4.90 Å². The van der Waals surface area contributed by atoms with E-state index >= 15 is 0 Å². The zero-order valence-electron chi connectivity index (χ0n) is 40.4. The first-order chi connectivity index (χ1) is 35.2. The van der Waals surface area contributed by atoms with Gasteiger partial charge in [-0.25, -0.2) is 9.97 Å². The molecular formula is C67H47N5. The van der Waals surface area contributed by atoms with Gasteiger partial charge < -0.3 is 0 Å². The van der Waals surface area contributed by atoms with Crippen molar-refractivity contribution in [3.63, 3.8) is 0 Å². The quantitative estimate of drug-likeness (QED) is 0.173. The lowest BCUT2D eigenvalue weighted by Gasteiger charge is -2.33. The molecule has 0 bridgehead atoms. The summed E-state index contributed by atoms with van der Waals surface area (Å²) in [7, 11) is 0. The van der Waals surface area contributed by atoms with Crippen molar-refractivity contribution in [3.8, 4) is 73.0 Å². The van der Waals surface area contributed by atoms with Crippen LogP contribution in [-0.4, -0.2) is 19.5 Å². The van der Waals surface area contributed by atoms with Crippen molar-refractivity contribution in [1.82, 2.24) is 19.5 Å². The van der Waals surface area contributed by atoms with E-state index in [1.807, 2.05) is 12.3 Å². The zero-order chi connectivity index (χ0) is 48.0. The molecule has 0 spiro atoms. The normalized spacial score (nSPS) is 14.3. The second-order valence-corrected chi connectivity index (χ2v) is 20.8. The van der Waals surface area contributed by atoms with E-state index < -0.39 is 0 Å². The van der Waals surface area contributed by atoms with Crippen molar-refractivity contribution in [2.45, 2.75) is 38.5 Å². The Balaban J connectivity index is 0.947. The first-order valence-corrected chi connectivity index (χ1v) is 25.0. The van der Waals surface area contributed by atoms with E-state index in [-0.39, 0.29) is 10.8 Å². The summed E-state index contributed by atoms with van der Waals surface area (Å²) in [5.74, 6) is 1.71. The van der Waals surface area contributed by atoms with Crippen LogP contribution in [0, 0.1) is 0 Å². The largest absolute Gasteiger partial charge is 0.294 e. The van der Waals surface area contributed by atoms with Crippen molar-refractivity contribution in [2.75, 3.05) is 4.90 Å². The van der Waals surface area contributed by atoms with Gasteiger partial charge >= 0.3 is 0 Å². The topological polar surface area (TPSA) is 46.8 Å². The van der Waals surface area contributed by atoms with Gasteiger partial charge in [-0.05, 0) is 134 Å². The minimum Gasteiger partial charge on any atom is -0.294 e. The fourth-order valence-corrected chi connectivity index (χ4v) is 12.7. The number of rotatable bonds is 5. The Labute approximate surface area is 418 Å². The van der Waals surface area contributed by atoms with E-state index in [9.17, 15) is 0 Å². The molecule has 15 rings (SSSR count). The smallest absolute Gasteiger partial charge is 0.138 e. The average Bonchev–Trinajstić information content (AvgIpc) is 3.96. The Morgan fingerprint density at radius 2 is 0.903 bits per heavy atom.